The van der Waals surface area contributed by atoms with E-state index in [4.69, 9.17) is 0 Å². The quantitative estimate of drug-likeness (QED) is 0.458. The minimum Gasteiger partial charge on any atom is -0.312 e. The van der Waals surface area contributed by atoms with E-state index < -0.39 is 4.92 Å². The van der Waals surface area contributed by atoms with Gasteiger partial charge in [0.1, 0.15) is 0 Å². The van der Waals surface area contributed by atoms with Crippen LogP contribution in [0.2, 0.25) is 0 Å². The fraction of sp³-hybridized carbons (Fsp3) is 0.438. The second-order valence-corrected chi connectivity index (χ2v) is 5.81. The molecule has 0 saturated carbocycles. The van der Waals surface area contributed by atoms with Crippen molar-refractivity contribution in [2.24, 2.45) is 7.05 Å². The number of aryl methyl sites for hydroxylation is 1. The van der Waals surface area contributed by atoms with Gasteiger partial charge >= 0.3 is 0 Å². The van der Waals surface area contributed by atoms with Gasteiger partial charge in [-0.2, -0.15) is 5.10 Å². The highest BCUT2D eigenvalue weighted by molar-refractivity contribution is 5.64. The van der Waals surface area contributed by atoms with Gasteiger partial charge in [-0.15, -0.1) is 0 Å². The van der Waals surface area contributed by atoms with E-state index in [-0.39, 0.29) is 5.69 Å². The predicted octanol–water partition coefficient (Wildman–Crippen LogP) is 2.04. The number of benzene rings is 1. The van der Waals surface area contributed by atoms with Crippen LogP contribution in [0.4, 0.5) is 5.69 Å². The van der Waals surface area contributed by atoms with Crippen molar-refractivity contribution in [3.05, 3.63) is 46.1 Å². The van der Waals surface area contributed by atoms with Crippen LogP contribution in [0.5, 0.6) is 0 Å². The Morgan fingerprint density at radius 2 is 2.00 bits per heavy atom. The first kappa shape index (κ1) is 17.1. The molecule has 0 aliphatic heterocycles. The number of hydrogen-bond acceptors (Lipinski definition) is 5. The molecule has 0 spiro atoms. The second kappa shape index (κ2) is 7.85. The summed E-state index contributed by atoms with van der Waals surface area (Å²) in [5.41, 5.74) is 2.93. The maximum Gasteiger partial charge on any atom is 0.269 e. The summed E-state index contributed by atoms with van der Waals surface area (Å²) in [5, 5.41) is 18.6. The molecule has 7 heteroatoms. The minimum absolute atomic E-state index is 0.0908. The van der Waals surface area contributed by atoms with E-state index in [9.17, 15) is 10.1 Å². The fourth-order valence-electron chi connectivity index (χ4n) is 2.39. The Labute approximate surface area is 136 Å². The summed E-state index contributed by atoms with van der Waals surface area (Å²) in [4.78, 5) is 12.5. The van der Waals surface area contributed by atoms with E-state index in [2.05, 4.69) is 29.4 Å². The van der Waals surface area contributed by atoms with Crippen LogP contribution in [0.15, 0.2) is 30.5 Å². The van der Waals surface area contributed by atoms with E-state index >= 15 is 0 Å². The molecule has 1 N–H and O–H groups in total. The number of aromatic nitrogens is 2. The van der Waals surface area contributed by atoms with Crippen molar-refractivity contribution in [3.8, 4) is 11.3 Å². The maximum atomic E-state index is 10.7. The van der Waals surface area contributed by atoms with Gasteiger partial charge in [-0.05, 0) is 45.7 Å². The lowest BCUT2D eigenvalue weighted by atomic mass is 10.1. The van der Waals surface area contributed by atoms with Gasteiger partial charge in [0.25, 0.3) is 5.69 Å². The Kier molecular flexibility index (Phi) is 5.84. The first-order valence-electron chi connectivity index (χ1n) is 7.60. The lowest BCUT2D eigenvalue weighted by Gasteiger charge is -2.09. The fourth-order valence-corrected chi connectivity index (χ4v) is 2.39. The lowest BCUT2D eigenvalue weighted by Crippen LogP contribution is -2.21. The normalized spacial score (nSPS) is 11.1. The molecule has 1 aromatic carbocycles. The molecule has 0 aliphatic rings. The summed E-state index contributed by atoms with van der Waals surface area (Å²) in [6.45, 7) is 2.72. The first-order chi connectivity index (χ1) is 11.0. The molecule has 1 aromatic heterocycles. The summed E-state index contributed by atoms with van der Waals surface area (Å²) in [5.74, 6) is 0. The van der Waals surface area contributed by atoms with Crippen LogP contribution < -0.4 is 5.32 Å². The molecule has 7 nitrogen and oxygen atoms in total. The maximum absolute atomic E-state index is 10.7. The molecule has 1 heterocycles. The molecule has 0 fully saturated rings. The highest BCUT2D eigenvalue weighted by Crippen LogP contribution is 2.24. The zero-order valence-electron chi connectivity index (χ0n) is 13.8. The van der Waals surface area contributed by atoms with Gasteiger partial charge in [-0.25, -0.2) is 0 Å². The molecular weight excluding hydrogens is 294 g/mol. The summed E-state index contributed by atoms with van der Waals surface area (Å²) in [7, 11) is 6.01. The highest BCUT2D eigenvalue weighted by atomic mass is 16.6. The average Bonchev–Trinajstić information content (AvgIpc) is 2.87. The third-order valence-corrected chi connectivity index (χ3v) is 3.53. The van der Waals surface area contributed by atoms with E-state index in [1.807, 2.05) is 13.2 Å². The molecule has 0 saturated heterocycles. The van der Waals surface area contributed by atoms with Crippen molar-refractivity contribution in [1.29, 1.82) is 0 Å². The third-order valence-electron chi connectivity index (χ3n) is 3.53. The Balaban J connectivity index is 2.03. The summed E-state index contributed by atoms with van der Waals surface area (Å²) >= 11 is 0. The van der Waals surface area contributed by atoms with E-state index in [1.54, 1.807) is 16.8 Å². The van der Waals surface area contributed by atoms with Gasteiger partial charge in [0.05, 0.1) is 10.6 Å². The summed E-state index contributed by atoms with van der Waals surface area (Å²) in [6, 6.07) is 6.52. The van der Waals surface area contributed by atoms with E-state index in [0.29, 0.717) is 0 Å². The SMILES string of the molecule is CN(C)CCCNCc1cn(C)nc1-c1ccc([N+](=O)[O-])cc1. The molecule has 0 atom stereocenters. The van der Waals surface area contributed by atoms with Crippen LogP contribution in [-0.4, -0.2) is 46.8 Å². The largest absolute Gasteiger partial charge is 0.312 e. The Bertz CT molecular complexity index is 649. The topological polar surface area (TPSA) is 76.2 Å². The molecule has 2 aromatic rings. The second-order valence-electron chi connectivity index (χ2n) is 5.81. The summed E-state index contributed by atoms with van der Waals surface area (Å²) in [6.07, 6.45) is 3.07. The van der Waals surface area contributed by atoms with Gasteiger partial charge in [0.15, 0.2) is 0 Å². The van der Waals surface area contributed by atoms with Gasteiger partial charge in [0.2, 0.25) is 0 Å². The molecule has 2 rings (SSSR count). The number of rotatable bonds is 8. The van der Waals surface area contributed by atoms with Gasteiger partial charge in [-0.1, -0.05) is 0 Å². The number of nitrogens with zero attached hydrogens (tertiary/aromatic N) is 4. The number of non-ortho nitro benzene ring substituents is 1. The Hall–Kier alpha value is -2.25. The number of hydrogen-bond donors (Lipinski definition) is 1. The van der Waals surface area contributed by atoms with E-state index in [0.717, 1.165) is 42.9 Å². The zero-order chi connectivity index (χ0) is 16.8. The van der Waals surface area contributed by atoms with Crippen molar-refractivity contribution >= 4 is 5.69 Å². The Morgan fingerprint density at radius 3 is 2.61 bits per heavy atom. The molecule has 0 bridgehead atoms. The van der Waals surface area contributed by atoms with Crippen molar-refractivity contribution in [1.82, 2.24) is 20.0 Å². The van der Waals surface area contributed by atoms with Gasteiger partial charge in [0, 0.05) is 43.0 Å². The smallest absolute Gasteiger partial charge is 0.269 e. The van der Waals surface area contributed by atoms with Crippen LogP contribution in [0, 0.1) is 10.1 Å². The number of nitrogens with one attached hydrogen (secondary N) is 1. The van der Waals surface area contributed by atoms with Gasteiger partial charge < -0.3 is 10.2 Å². The molecule has 0 radical (unpaired) electrons. The van der Waals surface area contributed by atoms with Crippen LogP contribution in [0.1, 0.15) is 12.0 Å². The standard InChI is InChI=1S/C16H23N5O2/c1-19(2)10-4-9-17-11-14-12-20(3)18-16(14)13-5-7-15(8-6-13)21(22)23/h5-8,12,17H,4,9-11H2,1-3H3. The van der Waals surface area contributed by atoms with Crippen LogP contribution in [0.25, 0.3) is 11.3 Å². The molecule has 0 unspecified atom stereocenters. The van der Waals surface area contributed by atoms with E-state index in [1.165, 1.54) is 12.1 Å². The molecule has 124 valence electrons. The van der Waals surface area contributed by atoms with Crippen LogP contribution in [0.3, 0.4) is 0 Å². The first-order valence-corrected chi connectivity index (χ1v) is 7.60. The average molecular weight is 317 g/mol. The van der Waals surface area contributed by atoms with Crippen LogP contribution in [-0.2, 0) is 13.6 Å². The third kappa shape index (κ3) is 4.87. The Morgan fingerprint density at radius 1 is 1.30 bits per heavy atom. The summed E-state index contributed by atoms with van der Waals surface area (Å²) < 4.78 is 1.77. The van der Waals surface area contributed by atoms with Crippen LogP contribution >= 0.6 is 0 Å². The zero-order valence-corrected chi connectivity index (χ0v) is 13.8. The van der Waals surface area contributed by atoms with Crippen molar-refractivity contribution in [3.63, 3.8) is 0 Å². The molecule has 0 amide bonds. The van der Waals surface area contributed by atoms with Crippen molar-refractivity contribution in [2.75, 3.05) is 27.2 Å². The minimum atomic E-state index is -0.393. The lowest BCUT2D eigenvalue weighted by molar-refractivity contribution is -0.384. The van der Waals surface area contributed by atoms with Crippen molar-refractivity contribution < 1.29 is 4.92 Å². The number of nitro groups is 1. The predicted molar refractivity (Wildman–Crippen MR) is 90.2 cm³/mol. The number of nitro benzene ring substituents is 1. The molecular formula is C16H23N5O2. The highest BCUT2D eigenvalue weighted by Gasteiger charge is 2.12. The van der Waals surface area contributed by atoms with Gasteiger partial charge in [-0.3, -0.25) is 14.8 Å². The molecule has 0 aliphatic carbocycles. The molecule has 23 heavy (non-hydrogen) atoms. The van der Waals surface area contributed by atoms with Crippen molar-refractivity contribution in [2.45, 2.75) is 13.0 Å². The monoisotopic (exact) mass is 317 g/mol.